The van der Waals surface area contributed by atoms with Crippen LogP contribution in [0, 0.1) is 5.92 Å². The van der Waals surface area contributed by atoms with Gasteiger partial charge in [-0.1, -0.05) is 66.7 Å². The van der Waals surface area contributed by atoms with Crippen molar-refractivity contribution >= 4 is 12.0 Å². The highest BCUT2D eigenvalue weighted by Gasteiger charge is 2.44. The largest absolute Gasteiger partial charge is 0.492 e. The molecule has 0 radical (unpaired) electrons. The summed E-state index contributed by atoms with van der Waals surface area (Å²) in [6, 6.07) is 23.1. The Bertz CT molecular complexity index is 1540. The number of nitrogens with one attached hydrogen (secondary N) is 2. The van der Waals surface area contributed by atoms with Crippen LogP contribution in [0.3, 0.4) is 0 Å². The molecule has 1 heterocycles. The van der Waals surface area contributed by atoms with E-state index in [9.17, 15) is 24.9 Å². The first-order chi connectivity index (χ1) is 23.9. The number of carbonyl (C=O) groups is 2. The van der Waals surface area contributed by atoms with Crippen molar-refractivity contribution in [3.8, 4) is 5.75 Å². The lowest BCUT2D eigenvalue weighted by molar-refractivity contribution is -0.135. The monoisotopic (exact) mass is 689 g/mol. The summed E-state index contributed by atoms with van der Waals surface area (Å²) >= 11 is 0. The van der Waals surface area contributed by atoms with E-state index in [4.69, 9.17) is 14.2 Å². The van der Waals surface area contributed by atoms with Crippen LogP contribution in [0.25, 0.3) is 0 Å². The number of hydrogen-bond donors (Lipinski definition) is 5. The summed E-state index contributed by atoms with van der Waals surface area (Å²) in [4.78, 5) is 29.3. The number of alkyl carbamates (subject to hydrolysis) is 1. The van der Waals surface area contributed by atoms with Gasteiger partial charge in [0.05, 0.1) is 31.5 Å². The number of aliphatic hydroxyl groups is 3. The van der Waals surface area contributed by atoms with Crippen molar-refractivity contribution < 1.29 is 39.1 Å². The third-order valence-electron chi connectivity index (χ3n) is 9.13. The fraction of sp³-hybridized carbons (Fsp3) is 0.487. The minimum atomic E-state index is -1.79. The van der Waals surface area contributed by atoms with Crippen molar-refractivity contribution in [3.63, 3.8) is 0 Å². The third kappa shape index (κ3) is 10.5. The smallest absolute Gasteiger partial charge is 0.407 e. The van der Waals surface area contributed by atoms with E-state index in [0.717, 1.165) is 44.0 Å². The average Bonchev–Trinajstić information content (AvgIpc) is 3.33. The number of nitrogens with zero attached hydrogens (tertiary/aromatic N) is 1. The van der Waals surface area contributed by atoms with Crippen molar-refractivity contribution in [3.05, 3.63) is 101 Å². The van der Waals surface area contributed by atoms with Crippen LogP contribution in [-0.4, -0.2) is 89.4 Å². The molecule has 270 valence electrons. The second-order valence-corrected chi connectivity index (χ2v) is 14.2. The van der Waals surface area contributed by atoms with E-state index in [1.807, 2.05) is 54.6 Å². The number of ether oxygens (including phenoxy) is 3. The van der Waals surface area contributed by atoms with Gasteiger partial charge in [0.2, 0.25) is 5.91 Å². The molecule has 5 atom stereocenters. The zero-order valence-corrected chi connectivity index (χ0v) is 29.2. The van der Waals surface area contributed by atoms with Gasteiger partial charge in [-0.25, -0.2) is 4.79 Å². The summed E-state index contributed by atoms with van der Waals surface area (Å²) in [6.07, 6.45) is -2.36. The van der Waals surface area contributed by atoms with Crippen LogP contribution in [0.15, 0.2) is 78.9 Å². The fourth-order valence-corrected chi connectivity index (χ4v) is 6.56. The second kappa shape index (κ2) is 16.8. The average molecular weight is 690 g/mol. The zero-order chi connectivity index (χ0) is 35.7. The first kappa shape index (κ1) is 37.3. The molecule has 3 aromatic carbocycles. The Morgan fingerprint density at radius 3 is 2.32 bits per heavy atom. The molecule has 1 saturated heterocycles. The number of fused-ring (bicyclic) bond motifs is 1. The molecule has 0 saturated carbocycles. The molecule has 5 rings (SSSR count). The summed E-state index contributed by atoms with van der Waals surface area (Å²) < 4.78 is 16.9. The van der Waals surface area contributed by atoms with Crippen LogP contribution in [0.4, 0.5) is 4.79 Å². The molecule has 5 N–H and O–H groups in total. The minimum Gasteiger partial charge on any atom is -0.492 e. The lowest BCUT2D eigenvalue weighted by atomic mass is 9.88. The van der Waals surface area contributed by atoms with Gasteiger partial charge in [0.25, 0.3) is 0 Å². The van der Waals surface area contributed by atoms with Crippen LogP contribution < -0.4 is 15.4 Å². The van der Waals surface area contributed by atoms with Crippen molar-refractivity contribution in [1.82, 2.24) is 15.5 Å². The molecule has 3 aromatic rings. The van der Waals surface area contributed by atoms with Crippen molar-refractivity contribution in [2.45, 2.75) is 76.0 Å². The summed E-state index contributed by atoms with van der Waals surface area (Å²) in [5, 5.41) is 39.6. The zero-order valence-electron chi connectivity index (χ0n) is 29.2. The van der Waals surface area contributed by atoms with Crippen LogP contribution in [0.2, 0.25) is 0 Å². The maximum Gasteiger partial charge on any atom is 0.407 e. The van der Waals surface area contributed by atoms with Gasteiger partial charge < -0.3 is 40.2 Å². The maximum absolute atomic E-state index is 14.1. The number of morpholine rings is 1. The molecule has 0 aromatic heterocycles. The fourth-order valence-electron chi connectivity index (χ4n) is 6.56. The quantitative estimate of drug-likeness (QED) is 0.159. The Labute approximate surface area is 294 Å². The number of hydrogen-bond acceptors (Lipinski definition) is 9. The predicted molar refractivity (Wildman–Crippen MR) is 188 cm³/mol. The van der Waals surface area contributed by atoms with Gasteiger partial charge in [-0.15, -0.1) is 0 Å². The number of carbonyl (C=O) groups excluding carboxylic acids is 2. The lowest BCUT2D eigenvalue weighted by Crippen LogP contribution is -2.50. The highest BCUT2D eigenvalue weighted by Crippen LogP contribution is 2.41. The van der Waals surface area contributed by atoms with E-state index in [1.54, 1.807) is 45.0 Å². The third-order valence-corrected chi connectivity index (χ3v) is 9.13. The van der Waals surface area contributed by atoms with Gasteiger partial charge >= 0.3 is 6.09 Å². The van der Waals surface area contributed by atoms with Gasteiger partial charge in [0.15, 0.2) is 5.72 Å². The molecular weight excluding hydrogens is 638 g/mol. The summed E-state index contributed by atoms with van der Waals surface area (Å²) in [5.74, 6) is -0.596. The molecule has 50 heavy (non-hydrogen) atoms. The van der Waals surface area contributed by atoms with E-state index in [2.05, 4.69) is 15.5 Å². The van der Waals surface area contributed by atoms with Gasteiger partial charge in [-0.2, -0.15) is 0 Å². The lowest BCUT2D eigenvalue weighted by Gasteiger charge is -2.31. The first-order valence-corrected chi connectivity index (χ1v) is 17.4. The molecule has 3 unspecified atom stereocenters. The van der Waals surface area contributed by atoms with E-state index in [1.165, 1.54) is 0 Å². The standard InChI is InChI=1S/C39H51N3O8/c1-38(2,3)50-37(46)40-33(24-27-9-5-4-6-10-27)34(43)25-29(36(45)41-39(47)26-35(44)31-11-7-8-12-32(31)39)23-28-13-15-30(16-14-28)49-22-19-42-17-20-48-21-18-42/h4-16,29,33-35,43-44,47H,17-26H2,1-3H3,(H,40,46)(H,41,45)/t29?,33?,34?,35-,39-/m1/s1. The molecule has 1 fully saturated rings. The maximum atomic E-state index is 14.1. The summed E-state index contributed by atoms with van der Waals surface area (Å²) in [6.45, 7) is 9.85. The Balaban J connectivity index is 1.33. The second-order valence-electron chi connectivity index (χ2n) is 14.2. The van der Waals surface area contributed by atoms with Crippen LogP contribution in [-0.2, 0) is 32.8 Å². The van der Waals surface area contributed by atoms with Crippen LogP contribution in [0.5, 0.6) is 5.75 Å². The Morgan fingerprint density at radius 1 is 0.960 bits per heavy atom. The molecule has 1 aliphatic heterocycles. The van der Waals surface area contributed by atoms with E-state index >= 15 is 0 Å². The summed E-state index contributed by atoms with van der Waals surface area (Å²) in [5.41, 5.74) is 0.185. The number of rotatable bonds is 14. The van der Waals surface area contributed by atoms with Crippen LogP contribution >= 0.6 is 0 Å². The topological polar surface area (TPSA) is 150 Å². The van der Waals surface area contributed by atoms with Gasteiger partial charge in [-0.3, -0.25) is 9.69 Å². The van der Waals surface area contributed by atoms with Crippen molar-refractivity contribution in [2.24, 2.45) is 5.92 Å². The van der Waals surface area contributed by atoms with E-state index < -0.39 is 47.5 Å². The van der Waals surface area contributed by atoms with Gasteiger partial charge in [0.1, 0.15) is 18.0 Å². The SMILES string of the molecule is CC(C)(C)OC(=O)NC(Cc1ccccc1)C(O)CC(Cc1ccc(OCCN2CCOCC2)cc1)C(=O)N[C@@]1(O)C[C@@H](O)c2ccccc21. The van der Waals surface area contributed by atoms with Crippen molar-refractivity contribution in [1.29, 1.82) is 0 Å². The van der Waals surface area contributed by atoms with Crippen molar-refractivity contribution in [2.75, 3.05) is 39.5 Å². The molecule has 11 nitrogen and oxygen atoms in total. The normalized spacial score (nSPS) is 21.0. The van der Waals surface area contributed by atoms with Gasteiger partial charge in [-0.05, 0) is 68.9 Å². The first-order valence-electron chi connectivity index (χ1n) is 17.4. The molecule has 0 bridgehead atoms. The van der Waals surface area contributed by atoms with Gasteiger partial charge in [0, 0.05) is 37.5 Å². The minimum absolute atomic E-state index is 0.0305. The summed E-state index contributed by atoms with van der Waals surface area (Å²) in [7, 11) is 0. The molecule has 0 spiro atoms. The predicted octanol–water partition coefficient (Wildman–Crippen LogP) is 3.84. The molecule has 2 amide bonds. The highest BCUT2D eigenvalue weighted by atomic mass is 16.6. The van der Waals surface area contributed by atoms with E-state index in [-0.39, 0.29) is 19.3 Å². The number of aliphatic hydroxyl groups excluding tert-OH is 2. The van der Waals surface area contributed by atoms with Crippen LogP contribution in [0.1, 0.15) is 62.0 Å². The highest BCUT2D eigenvalue weighted by molar-refractivity contribution is 5.80. The van der Waals surface area contributed by atoms with E-state index in [0.29, 0.717) is 29.9 Å². The Hall–Kier alpha value is -4.00. The molecule has 1 aliphatic carbocycles. The number of benzene rings is 3. The Kier molecular flexibility index (Phi) is 12.5. The molecule has 11 heteroatoms. The molecule has 2 aliphatic rings. The number of amides is 2. The molecular formula is C39H51N3O8. The Morgan fingerprint density at radius 2 is 1.62 bits per heavy atom.